The van der Waals surface area contributed by atoms with E-state index in [2.05, 4.69) is 6.92 Å². The normalized spacial score (nSPS) is 24.8. The standard InChI is InChI=1S/C15H28N2OS/c1-4-5-6-12-7-9-13(10-8-12)15(18)17(3)11(2)14(16)19/h11-13H,4-10H2,1-3H3,(H2,16,19). The predicted octanol–water partition coefficient (Wildman–Crippen LogP) is 3.12. The fraction of sp³-hybridized carbons (Fsp3) is 0.867. The Bertz CT molecular complexity index is 311. The number of nitrogens with zero attached hydrogens (tertiary/aromatic N) is 1. The lowest BCUT2D eigenvalue weighted by Crippen LogP contribution is -2.45. The topological polar surface area (TPSA) is 46.3 Å². The minimum absolute atomic E-state index is 0.139. The van der Waals surface area contributed by atoms with Crippen LogP contribution < -0.4 is 5.73 Å². The third-order valence-corrected chi connectivity index (χ3v) is 4.84. The van der Waals surface area contributed by atoms with Crippen molar-refractivity contribution in [3.8, 4) is 0 Å². The van der Waals surface area contributed by atoms with Crippen LogP contribution in [0.15, 0.2) is 0 Å². The first-order chi connectivity index (χ1) is 8.97. The highest BCUT2D eigenvalue weighted by atomic mass is 32.1. The number of nitrogens with two attached hydrogens (primary N) is 1. The molecule has 1 atom stereocenters. The number of hydrogen-bond donors (Lipinski definition) is 1. The number of rotatable bonds is 6. The zero-order valence-corrected chi connectivity index (χ0v) is 13.3. The molecular weight excluding hydrogens is 256 g/mol. The molecule has 1 unspecified atom stereocenters. The summed E-state index contributed by atoms with van der Waals surface area (Å²) in [7, 11) is 1.81. The molecule has 2 N–H and O–H groups in total. The van der Waals surface area contributed by atoms with Gasteiger partial charge < -0.3 is 10.6 Å². The fourth-order valence-corrected chi connectivity index (χ4v) is 3.02. The minimum atomic E-state index is -0.139. The molecule has 0 aromatic heterocycles. The molecule has 110 valence electrons. The number of thiocarbonyl (C=S) groups is 1. The summed E-state index contributed by atoms with van der Waals surface area (Å²) in [6, 6.07) is -0.139. The van der Waals surface area contributed by atoms with E-state index in [0.717, 1.165) is 18.8 Å². The number of carbonyl (C=O) groups is 1. The summed E-state index contributed by atoms with van der Waals surface area (Å²) in [6.07, 6.45) is 8.38. The Morgan fingerprint density at radius 2 is 1.95 bits per heavy atom. The van der Waals surface area contributed by atoms with Crippen molar-refractivity contribution in [3.63, 3.8) is 0 Å². The van der Waals surface area contributed by atoms with E-state index in [9.17, 15) is 4.79 Å². The molecule has 1 saturated carbocycles. The highest BCUT2D eigenvalue weighted by Crippen LogP contribution is 2.32. The molecule has 1 aliphatic carbocycles. The number of amides is 1. The molecule has 0 bridgehead atoms. The molecule has 4 heteroatoms. The molecule has 3 nitrogen and oxygen atoms in total. The van der Waals surface area contributed by atoms with Crippen LogP contribution in [0.4, 0.5) is 0 Å². The zero-order chi connectivity index (χ0) is 14.4. The summed E-state index contributed by atoms with van der Waals surface area (Å²) in [5.41, 5.74) is 5.62. The smallest absolute Gasteiger partial charge is 0.226 e. The second-order valence-corrected chi connectivity index (χ2v) is 6.36. The Labute approximate surface area is 122 Å². The molecule has 0 heterocycles. The maximum absolute atomic E-state index is 12.4. The van der Waals surface area contributed by atoms with Crippen molar-refractivity contribution in [2.24, 2.45) is 17.6 Å². The SMILES string of the molecule is CCCCC1CCC(C(=O)N(C)C(C)C(N)=S)CC1. The van der Waals surface area contributed by atoms with Gasteiger partial charge in [0.25, 0.3) is 0 Å². The molecule has 0 radical (unpaired) electrons. The third kappa shape index (κ3) is 4.75. The Hall–Kier alpha value is -0.640. The Balaban J connectivity index is 2.42. The van der Waals surface area contributed by atoms with Crippen LogP contribution in [0.5, 0.6) is 0 Å². The van der Waals surface area contributed by atoms with Gasteiger partial charge in [0, 0.05) is 13.0 Å². The summed E-state index contributed by atoms with van der Waals surface area (Å²) in [6.45, 7) is 4.13. The summed E-state index contributed by atoms with van der Waals surface area (Å²) in [5, 5.41) is 0. The summed E-state index contributed by atoms with van der Waals surface area (Å²) >= 11 is 4.97. The van der Waals surface area contributed by atoms with Crippen LogP contribution in [-0.4, -0.2) is 28.9 Å². The summed E-state index contributed by atoms with van der Waals surface area (Å²) in [5.74, 6) is 1.23. The lowest BCUT2D eigenvalue weighted by atomic mass is 9.79. The van der Waals surface area contributed by atoms with Gasteiger partial charge in [-0.15, -0.1) is 0 Å². The quantitative estimate of drug-likeness (QED) is 0.762. The van der Waals surface area contributed by atoms with Crippen molar-refractivity contribution in [1.82, 2.24) is 4.90 Å². The average Bonchev–Trinajstić information content (AvgIpc) is 2.43. The molecule has 0 aromatic carbocycles. The Morgan fingerprint density at radius 1 is 1.37 bits per heavy atom. The molecule has 19 heavy (non-hydrogen) atoms. The van der Waals surface area contributed by atoms with Gasteiger partial charge in [-0.05, 0) is 38.5 Å². The maximum atomic E-state index is 12.4. The lowest BCUT2D eigenvalue weighted by Gasteiger charge is -2.32. The van der Waals surface area contributed by atoms with Gasteiger partial charge >= 0.3 is 0 Å². The van der Waals surface area contributed by atoms with E-state index in [1.807, 2.05) is 14.0 Å². The van der Waals surface area contributed by atoms with Crippen molar-refractivity contribution in [2.45, 2.75) is 64.8 Å². The van der Waals surface area contributed by atoms with Crippen LogP contribution in [0.25, 0.3) is 0 Å². The van der Waals surface area contributed by atoms with Crippen molar-refractivity contribution < 1.29 is 4.79 Å². The van der Waals surface area contributed by atoms with Crippen LogP contribution >= 0.6 is 12.2 Å². The van der Waals surface area contributed by atoms with Gasteiger partial charge in [0.15, 0.2) is 0 Å². The zero-order valence-electron chi connectivity index (χ0n) is 12.5. The fourth-order valence-electron chi connectivity index (χ4n) is 2.86. The van der Waals surface area contributed by atoms with Crippen LogP contribution in [0.2, 0.25) is 0 Å². The van der Waals surface area contributed by atoms with Crippen LogP contribution in [0.1, 0.15) is 58.8 Å². The van der Waals surface area contributed by atoms with E-state index >= 15 is 0 Å². The second kappa shape index (κ2) is 7.83. The maximum Gasteiger partial charge on any atom is 0.226 e. The van der Waals surface area contributed by atoms with Crippen LogP contribution in [0.3, 0.4) is 0 Å². The molecule has 0 aliphatic heterocycles. The summed E-state index contributed by atoms with van der Waals surface area (Å²) in [4.78, 5) is 14.5. The van der Waals surface area contributed by atoms with E-state index < -0.39 is 0 Å². The second-order valence-electron chi connectivity index (χ2n) is 5.89. The van der Waals surface area contributed by atoms with Gasteiger partial charge in [-0.25, -0.2) is 0 Å². The van der Waals surface area contributed by atoms with Gasteiger partial charge in [-0.1, -0.05) is 38.4 Å². The number of likely N-dealkylation sites (N-methyl/N-ethyl adjacent to an activating group) is 1. The van der Waals surface area contributed by atoms with Crippen LogP contribution in [0, 0.1) is 11.8 Å². The lowest BCUT2D eigenvalue weighted by molar-refractivity contribution is -0.136. The van der Waals surface area contributed by atoms with Crippen molar-refractivity contribution in [1.29, 1.82) is 0 Å². The van der Waals surface area contributed by atoms with E-state index in [0.29, 0.717) is 4.99 Å². The largest absolute Gasteiger partial charge is 0.392 e. The van der Waals surface area contributed by atoms with Crippen LogP contribution in [-0.2, 0) is 4.79 Å². The van der Waals surface area contributed by atoms with Crippen molar-refractivity contribution in [3.05, 3.63) is 0 Å². The molecule has 1 amide bonds. The first kappa shape index (κ1) is 16.4. The monoisotopic (exact) mass is 284 g/mol. The average molecular weight is 284 g/mol. The molecule has 1 fully saturated rings. The highest BCUT2D eigenvalue weighted by molar-refractivity contribution is 7.80. The first-order valence-electron chi connectivity index (χ1n) is 7.53. The highest BCUT2D eigenvalue weighted by Gasteiger charge is 2.30. The van der Waals surface area contributed by atoms with Gasteiger partial charge in [-0.3, -0.25) is 4.79 Å². The third-order valence-electron chi connectivity index (χ3n) is 4.50. The predicted molar refractivity (Wildman–Crippen MR) is 84.0 cm³/mol. The molecule has 0 aromatic rings. The Morgan fingerprint density at radius 3 is 2.42 bits per heavy atom. The van der Waals surface area contributed by atoms with Gasteiger partial charge in [0.1, 0.15) is 0 Å². The number of carbonyl (C=O) groups excluding carboxylic acids is 1. The summed E-state index contributed by atoms with van der Waals surface area (Å²) < 4.78 is 0. The van der Waals surface area contributed by atoms with E-state index in [1.165, 1.54) is 32.1 Å². The van der Waals surface area contributed by atoms with Gasteiger partial charge in [-0.2, -0.15) is 0 Å². The molecule has 0 saturated heterocycles. The molecular formula is C15H28N2OS. The van der Waals surface area contributed by atoms with Gasteiger partial charge in [0.05, 0.1) is 11.0 Å². The molecule has 0 spiro atoms. The van der Waals surface area contributed by atoms with E-state index in [-0.39, 0.29) is 17.9 Å². The minimum Gasteiger partial charge on any atom is -0.392 e. The number of hydrogen-bond acceptors (Lipinski definition) is 2. The molecule has 1 aliphatic rings. The van der Waals surface area contributed by atoms with Crippen molar-refractivity contribution >= 4 is 23.1 Å². The van der Waals surface area contributed by atoms with Crippen molar-refractivity contribution in [2.75, 3.05) is 7.05 Å². The number of unbranched alkanes of at least 4 members (excludes halogenated alkanes) is 1. The van der Waals surface area contributed by atoms with E-state index in [4.69, 9.17) is 18.0 Å². The van der Waals surface area contributed by atoms with E-state index in [1.54, 1.807) is 4.90 Å². The molecule has 1 rings (SSSR count). The first-order valence-corrected chi connectivity index (χ1v) is 7.94. The van der Waals surface area contributed by atoms with Gasteiger partial charge in [0.2, 0.25) is 5.91 Å². The Kier molecular flexibility index (Phi) is 6.76.